The Labute approximate surface area is 122 Å². The van der Waals surface area contributed by atoms with E-state index < -0.39 is 0 Å². The Hall–Kier alpha value is -0.820. The van der Waals surface area contributed by atoms with Gasteiger partial charge in [-0.25, -0.2) is 0 Å². The van der Waals surface area contributed by atoms with Crippen LogP contribution in [-0.2, 0) is 0 Å². The standard InChI is InChI=1S/C19H26O/c1-12-10-16-17(19(12)20)11-14-8-5-9-15(14)18(16)13-6-3-2-4-7-13/h2-4,6-7,12,14-20H,5,8-11H2,1H3. The first-order valence-corrected chi connectivity index (χ1v) is 8.48. The number of aliphatic hydroxyl groups excluding tert-OH is 1. The van der Waals surface area contributed by atoms with Crippen molar-refractivity contribution >= 4 is 0 Å². The minimum Gasteiger partial charge on any atom is -0.393 e. The first-order chi connectivity index (χ1) is 9.75. The first kappa shape index (κ1) is 12.9. The van der Waals surface area contributed by atoms with Crippen LogP contribution in [0.15, 0.2) is 30.3 Å². The molecule has 1 N–H and O–H groups in total. The molecule has 7 atom stereocenters. The summed E-state index contributed by atoms with van der Waals surface area (Å²) >= 11 is 0. The summed E-state index contributed by atoms with van der Waals surface area (Å²) in [5.74, 6) is 4.26. The van der Waals surface area contributed by atoms with Gasteiger partial charge < -0.3 is 5.11 Å². The molecule has 4 rings (SSSR count). The Kier molecular flexibility index (Phi) is 3.14. The average molecular weight is 270 g/mol. The largest absolute Gasteiger partial charge is 0.393 e. The fourth-order valence-corrected chi connectivity index (χ4v) is 5.81. The molecule has 1 aromatic carbocycles. The molecule has 3 saturated carbocycles. The van der Waals surface area contributed by atoms with Gasteiger partial charge in [0.2, 0.25) is 0 Å². The van der Waals surface area contributed by atoms with Gasteiger partial charge in [-0.2, -0.15) is 0 Å². The fourth-order valence-electron chi connectivity index (χ4n) is 5.81. The Morgan fingerprint density at radius 1 is 0.950 bits per heavy atom. The van der Waals surface area contributed by atoms with Gasteiger partial charge in [0, 0.05) is 0 Å². The van der Waals surface area contributed by atoms with Gasteiger partial charge in [0.25, 0.3) is 0 Å². The molecule has 0 aromatic heterocycles. The predicted octanol–water partition coefficient (Wildman–Crippen LogP) is 4.22. The summed E-state index contributed by atoms with van der Waals surface area (Å²) in [6, 6.07) is 11.2. The molecule has 0 bridgehead atoms. The molecule has 3 aliphatic rings. The van der Waals surface area contributed by atoms with Gasteiger partial charge in [-0.1, -0.05) is 50.1 Å². The average Bonchev–Trinajstić information content (AvgIpc) is 3.04. The highest BCUT2D eigenvalue weighted by Crippen LogP contribution is 2.59. The molecule has 7 unspecified atom stereocenters. The van der Waals surface area contributed by atoms with Crippen molar-refractivity contribution in [2.75, 3.05) is 0 Å². The van der Waals surface area contributed by atoms with E-state index in [1.54, 1.807) is 5.56 Å². The van der Waals surface area contributed by atoms with Gasteiger partial charge >= 0.3 is 0 Å². The lowest BCUT2D eigenvalue weighted by atomic mass is 9.61. The third-order valence-electron chi connectivity index (χ3n) is 6.62. The number of rotatable bonds is 1. The van der Waals surface area contributed by atoms with Gasteiger partial charge in [-0.15, -0.1) is 0 Å². The Morgan fingerprint density at radius 3 is 2.55 bits per heavy atom. The quantitative estimate of drug-likeness (QED) is 0.810. The van der Waals surface area contributed by atoms with Crippen LogP contribution < -0.4 is 0 Å². The lowest BCUT2D eigenvalue weighted by molar-refractivity contribution is 0.0349. The molecule has 20 heavy (non-hydrogen) atoms. The van der Waals surface area contributed by atoms with Crippen molar-refractivity contribution in [1.29, 1.82) is 0 Å². The van der Waals surface area contributed by atoms with Crippen molar-refractivity contribution in [3.63, 3.8) is 0 Å². The molecule has 1 heteroatoms. The van der Waals surface area contributed by atoms with Crippen LogP contribution in [0, 0.1) is 29.6 Å². The molecular weight excluding hydrogens is 244 g/mol. The Balaban J connectivity index is 1.73. The van der Waals surface area contributed by atoms with Crippen molar-refractivity contribution in [1.82, 2.24) is 0 Å². The number of hydrogen-bond donors (Lipinski definition) is 1. The molecule has 0 spiro atoms. The summed E-state index contributed by atoms with van der Waals surface area (Å²) in [7, 11) is 0. The van der Waals surface area contributed by atoms with Gasteiger partial charge in [0.05, 0.1) is 6.10 Å². The van der Waals surface area contributed by atoms with E-state index in [1.807, 2.05) is 0 Å². The fraction of sp³-hybridized carbons (Fsp3) is 0.684. The zero-order valence-electron chi connectivity index (χ0n) is 12.4. The molecule has 108 valence electrons. The molecular formula is C19H26O. The second-order valence-corrected chi connectivity index (χ2v) is 7.56. The van der Waals surface area contributed by atoms with Crippen molar-refractivity contribution in [3.05, 3.63) is 35.9 Å². The monoisotopic (exact) mass is 270 g/mol. The van der Waals surface area contributed by atoms with Crippen LogP contribution in [-0.4, -0.2) is 11.2 Å². The summed E-state index contributed by atoms with van der Waals surface area (Å²) in [5, 5.41) is 10.6. The van der Waals surface area contributed by atoms with E-state index in [1.165, 1.54) is 32.1 Å². The molecule has 0 saturated heterocycles. The first-order valence-electron chi connectivity index (χ1n) is 8.48. The maximum absolute atomic E-state index is 10.6. The summed E-state index contributed by atoms with van der Waals surface area (Å²) in [5.41, 5.74) is 1.54. The third kappa shape index (κ3) is 1.86. The van der Waals surface area contributed by atoms with E-state index in [2.05, 4.69) is 37.3 Å². The van der Waals surface area contributed by atoms with Gasteiger partial charge in [0.15, 0.2) is 0 Å². The molecule has 0 aliphatic heterocycles. The van der Waals surface area contributed by atoms with Crippen LogP contribution in [0.3, 0.4) is 0 Å². The van der Waals surface area contributed by atoms with Crippen LogP contribution in [0.5, 0.6) is 0 Å². The van der Waals surface area contributed by atoms with E-state index in [0.717, 1.165) is 17.8 Å². The third-order valence-corrected chi connectivity index (χ3v) is 6.62. The van der Waals surface area contributed by atoms with E-state index in [9.17, 15) is 5.11 Å². The van der Waals surface area contributed by atoms with Crippen LogP contribution in [0.4, 0.5) is 0 Å². The second-order valence-electron chi connectivity index (χ2n) is 7.56. The summed E-state index contributed by atoms with van der Waals surface area (Å²) < 4.78 is 0. The van der Waals surface area contributed by atoms with Crippen molar-refractivity contribution in [2.24, 2.45) is 29.6 Å². The van der Waals surface area contributed by atoms with Crippen molar-refractivity contribution < 1.29 is 5.11 Å². The van der Waals surface area contributed by atoms with E-state index in [4.69, 9.17) is 0 Å². The van der Waals surface area contributed by atoms with Crippen molar-refractivity contribution in [3.8, 4) is 0 Å². The number of fused-ring (bicyclic) bond motifs is 2. The predicted molar refractivity (Wildman–Crippen MR) is 81.4 cm³/mol. The smallest absolute Gasteiger partial charge is 0.0596 e. The van der Waals surface area contributed by atoms with E-state index in [0.29, 0.717) is 17.8 Å². The van der Waals surface area contributed by atoms with Crippen LogP contribution in [0.2, 0.25) is 0 Å². The van der Waals surface area contributed by atoms with E-state index >= 15 is 0 Å². The topological polar surface area (TPSA) is 20.2 Å². The van der Waals surface area contributed by atoms with Crippen LogP contribution >= 0.6 is 0 Å². The Morgan fingerprint density at radius 2 is 1.75 bits per heavy atom. The number of hydrogen-bond acceptors (Lipinski definition) is 1. The zero-order chi connectivity index (χ0) is 13.7. The summed E-state index contributed by atoms with van der Waals surface area (Å²) in [6.45, 7) is 2.25. The van der Waals surface area contributed by atoms with Gasteiger partial charge in [0.1, 0.15) is 0 Å². The summed E-state index contributed by atoms with van der Waals surface area (Å²) in [4.78, 5) is 0. The maximum atomic E-state index is 10.6. The highest BCUT2D eigenvalue weighted by Gasteiger charge is 2.52. The molecule has 0 heterocycles. The lowest BCUT2D eigenvalue weighted by Crippen LogP contribution is -2.37. The lowest BCUT2D eigenvalue weighted by Gasteiger charge is -2.43. The molecule has 3 aliphatic carbocycles. The number of aliphatic hydroxyl groups is 1. The zero-order valence-corrected chi connectivity index (χ0v) is 12.4. The SMILES string of the molecule is CC1CC2C(CC3CCCC3C2c2ccccc2)C1O. The molecule has 1 aromatic rings. The maximum Gasteiger partial charge on any atom is 0.0596 e. The summed E-state index contributed by atoms with van der Waals surface area (Å²) in [6.07, 6.45) is 6.70. The normalized spacial score (nSPS) is 47.0. The molecule has 0 radical (unpaired) electrons. The second kappa shape index (κ2) is 4.87. The van der Waals surface area contributed by atoms with Gasteiger partial charge in [-0.3, -0.25) is 0 Å². The number of benzene rings is 1. The molecule has 0 amide bonds. The van der Waals surface area contributed by atoms with Crippen LogP contribution in [0.1, 0.15) is 50.5 Å². The highest BCUT2D eigenvalue weighted by molar-refractivity contribution is 5.24. The van der Waals surface area contributed by atoms with Gasteiger partial charge in [-0.05, 0) is 60.3 Å². The minimum atomic E-state index is -0.0484. The Bertz CT molecular complexity index is 468. The van der Waals surface area contributed by atoms with Crippen molar-refractivity contribution in [2.45, 2.75) is 51.0 Å². The molecule has 3 fully saturated rings. The molecule has 1 nitrogen and oxygen atoms in total. The minimum absolute atomic E-state index is 0.0484. The highest BCUT2D eigenvalue weighted by atomic mass is 16.3. The van der Waals surface area contributed by atoms with E-state index in [-0.39, 0.29) is 6.10 Å². The van der Waals surface area contributed by atoms with Crippen LogP contribution in [0.25, 0.3) is 0 Å².